The summed E-state index contributed by atoms with van der Waals surface area (Å²) in [6.07, 6.45) is 2.48. The minimum Gasteiger partial charge on any atom is -0.496 e. The summed E-state index contributed by atoms with van der Waals surface area (Å²) in [4.78, 5) is 31.0. The van der Waals surface area contributed by atoms with Crippen molar-refractivity contribution in [2.24, 2.45) is 0 Å². The van der Waals surface area contributed by atoms with E-state index in [1.165, 1.54) is 23.5 Å². The topological polar surface area (TPSA) is 84.0 Å². The van der Waals surface area contributed by atoms with Gasteiger partial charge in [0.15, 0.2) is 0 Å². The Bertz CT molecular complexity index is 1240. The maximum atomic E-state index is 15.2. The molecule has 2 amide bonds. The molecule has 2 heterocycles. The Morgan fingerprint density at radius 2 is 1.86 bits per heavy atom. The van der Waals surface area contributed by atoms with Crippen LogP contribution in [0.3, 0.4) is 0 Å². The first-order valence-electron chi connectivity index (χ1n) is 11.6. The van der Waals surface area contributed by atoms with Gasteiger partial charge in [-0.05, 0) is 54.6 Å². The van der Waals surface area contributed by atoms with Crippen molar-refractivity contribution in [2.45, 2.75) is 26.1 Å². The summed E-state index contributed by atoms with van der Waals surface area (Å²) < 4.78 is 26.1. The Kier molecular flexibility index (Phi) is 7.80. The molecular formula is C27H29FN4O4. The summed E-state index contributed by atoms with van der Waals surface area (Å²) in [5.74, 6) is -0.126. The summed E-state index contributed by atoms with van der Waals surface area (Å²) in [5.41, 5.74) is 3.58. The Morgan fingerprint density at radius 1 is 1.14 bits per heavy atom. The van der Waals surface area contributed by atoms with Crippen molar-refractivity contribution in [3.8, 4) is 16.9 Å². The van der Waals surface area contributed by atoms with Crippen molar-refractivity contribution in [1.82, 2.24) is 15.2 Å². The van der Waals surface area contributed by atoms with Crippen molar-refractivity contribution >= 4 is 17.7 Å². The van der Waals surface area contributed by atoms with E-state index < -0.39 is 18.0 Å². The number of hydrogen-bond donors (Lipinski definition) is 1. The molecule has 0 bridgehead atoms. The highest BCUT2D eigenvalue weighted by molar-refractivity contribution is 5.90. The number of carbonyl (C=O) groups excluding carboxylic acids is 2. The van der Waals surface area contributed by atoms with Crippen LogP contribution in [0.15, 0.2) is 60.9 Å². The van der Waals surface area contributed by atoms with Crippen LogP contribution in [0.5, 0.6) is 5.75 Å². The first-order chi connectivity index (χ1) is 17.3. The van der Waals surface area contributed by atoms with Crippen molar-refractivity contribution in [2.75, 3.05) is 32.1 Å². The molecule has 2 aromatic carbocycles. The zero-order valence-corrected chi connectivity index (χ0v) is 20.5. The fourth-order valence-electron chi connectivity index (χ4n) is 4.21. The van der Waals surface area contributed by atoms with E-state index in [1.807, 2.05) is 37.4 Å². The minimum absolute atomic E-state index is 0.208. The summed E-state index contributed by atoms with van der Waals surface area (Å²) >= 11 is 0. The number of benzene rings is 2. The second-order valence-electron chi connectivity index (χ2n) is 8.78. The predicted octanol–water partition coefficient (Wildman–Crippen LogP) is 3.99. The molecule has 0 spiro atoms. The molecule has 36 heavy (non-hydrogen) atoms. The van der Waals surface area contributed by atoms with Gasteiger partial charge in [0.25, 0.3) is 0 Å². The zero-order chi connectivity index (χ0) is 25.7. The third kappa shape index (κ3) is 5.98. The lowest BCUT2D eigenvalue weighted by molar-refractivity contribution is -0.119. The molecule has 1 aliphatic heterocycles. The third-order valence-corrected chi connectivity index (χ3v) is 5.93. The number of anilines is 1. The molecule has 1 unspecified atom stereocenters. The van der Waals surface area contributed by atoms with Gasteiger partial charge in [0.05, 0.1) is 25.9 Å². The number of carbonyl (C=O) groups is 2. The highest BCUT2D eigenvalue weighted by Crippen LogP contribution is 2.35. The molecule has 0 aliphatic carbocycles. The van der Waals surface area contributed by atoms with Gasteiger partial charge < -0.3 is 14.8 Å². The Labute approximate surface area is 209 Å². The normalized spacial score (nSPS) is 15.2. The van der Waals surface area contributed by atoms with E-state index in [2.05, 4.69) is 15.2 Å². The van der Waals surface area contributed by atoms with Crippen molar-refractivity contribution < 1.29 is 23.5 Å². The number of methoxy groups -OCH3 is 1. The molecule has 0 radical (unpaired) electrons. The van der Waals surface area contributed by atoms with Gasteiger partial charge in [-0.3, -0.25) is 19.6 Å². The van der Waals surface area contributed by atoms with Crippen LogP contribution in [-0.2, 0) is 22.6 Å². The Balaban J connectivity index is 1.48. The summed E-state index contributed by atoms with van der Waals surface area (Å²) in [6.45, 7) is 3.29. The van der Waals surface area contributed by atoms with Gasteiger partial charge in [-0.1, -0.05) is 12.1 Å². The number of nitrogens with one attached hydrogen (secondary N) is 1. The van der Waals surface area contributed by atoms with Gasteiger partial charge in [-0.25, -0.2) is 9.18 Å². The maximum Gasteiger partial charge on any atom is 0.414 e. The number of halogens is 1. The average molecular weight is 493 g/mol. The number of rotatable bonds is 9. The second kappa shape index (κ2) is 11.2. The number of aromatic nitrogens is 1. The molecule has 8 nitrogen and oxygen atoms in total. The van der Waals surface area contributed by atoms with Crippen LogP contribution in [0.4, 0.5) is 14.9 Å². The first-order valence-corrected chi connectivity index (χ1v) is 11.6. The Morgan fingerprint density at radius 3 is 2.56 bits per heavy atom. The number of nitrogens with zero attached hydrogens (tertiary/aromatic N) is 3. The van der Waals surface area contributed by atoms with Gasteiger partial charge in [0.1, 0.15) is 17.7 Å². The lowest BCUT2D eigenvalue weighted by Gasteiger charge is -2.19. The number of pyridine rings is 1. The zero-order valence-electron chi connectivity index (χ0n) is 20.5. The van der Waals surface area contributed by atoms with Crippen LogP contribution in [0.25, 0.3) is 11.1 Å². The first kappa shape index (κ1) is 25.1. The molecule has 3 aromatic rings. The predicted molar refractivity (Wildman–Crippen MR) is 134 cm³/mol. The second-order valence-corrected chi connectivity index (χ2v) is 8.78. The van der Waals surface area contributed by atoms with Crippen LogP contribution in [0.1, 0.15) is 18.1 Å². The lowest BCUT2D eigenvalue weighted by Crippen LogP contribution is -2.33. The number of cyclic esters (lactones) is 1. The van der Waals surface area contributed by atoms with Gasteiger partial charge in [-0.15, -0.1) is 0 Å². The van der Waals surface area contributed by atoms with Gasteiger partial charge in [0, 0.05) is 43.5 Å². The van der Waals surface area contributed by atoms with E-state index >= 15 is 4.39 Å². The van der Waals surface area contributed by atoms with Crippen LogP contribution < -0.4 is 15.0 Å². The van der Waals surface area contributed by atoms with E-state index in [9.17, 15) is 9.59 Å². The summed E-state index contributed by atoms with van der Waals surface area (Å²) in [7, 11) is 3.59. The molecule has 1 aliphatic rings. The highest BCUT2D eigenvalue weighted by atomic mass is 19.1. The molecule has 4 rings (SSSR count). The van der Waals surface area contributed by atoms with Gasteiger partial charge >= 0.3 is 6.09 Å². The molecule has 1 atom stereocenters. The Hall–Kier alpha value is -3.98. The summed E-state index contributed by atoms with van der Waals surface area (Å²) in [5, 5.41) is 2.63. The average Bonchev–Trinajstić information content (AvgIpc) is 3.24. The third-order valence-electron chi connectivity index (χ3n) is 5.93. The van der Waals surface area contributed by atoms with E-state index in [0.717, 1.165) is 12.1 Å². The number of ether oxygens (including phenoxy) is 2. The fraction of sp³-hybridized carbons (Fsp3) is 0.296. The van der Waals surface area contributed by atoms with E-state index in [-0.39, 0.29) is 19.0 Å². The van der Waals surface area contributed by atoms with E-state index in [1.54, 1.807) is 31.6 Å². The van der Waals surface area contributed by atoms with Crippen LogP contribution in [0.2, 0.25) is 0 Å². The summed E-state index contributed by atoms with van der Waals surface area (Å²) in [6, 6.07) is 14.3. The maximum absolute atomic E-state index is 15.2. The van der Waals surface area contributed by atoms with Gasteiger partial charge in [0.2, 0.25) is 5.91 Å². The van der Waals surface area contributed by atoms with Crippen LogP contribution in [0, 0.1) is 5.82 Å². The smallest absolute Gasteiger partial charge is 0.414 e. The molecule has 188 valence electrons. The molecule has 1 fully saturated rings. The molecular weight excluding hydrogens is 463 g/mol. The van der Waals surface area contributed by atoms with E-state index in [4.69, 9.17) is 9.47 Å². The van der Waals surface area contributed by atoms with Crippen molar-refractivity contribution in [1.29, 1.82) is 0 Å². The van der Waals surface area contributed by atoms with Gasteiger partial charge in [-0.2, -0.15) is 0 Å². The standard InChI is InChI=1S/C27H29FN4O4/c1-18(33)30-14-22-17-32(27(34)36-22)21-5-7-23(25(28)13-21)24-6-4-20(12-26(24)35-3)16-31(2)15-19-8-10-29-11-9-19/h4-13,22H,14-17H2,1-3H3,(H,30,33). The molecule has 0 saturated carbocycles. The lowest BCUT2D eigenvalue weighted by atomic mass is 10.0. The largest absolute Gasteiger partial charge is 0.496 e. The van der Waals surface area contributed by atoms with Crippen LogP contribution >= 0.6 is 0 Å². The highest BCUT2D eigenvalue weighted by Gasteiger charge is 2.32. The fourth-order valence-corrected chi connectivity index (χ4v) is 4.21. The molecule has 1 aromatic heterocycles. The monoisotopic (exact) mass is 492 g/mol. The van der Waals surface area contributed by atoms with Crippen LogP contribution in [-0.4, -0.2) is 55.2 Å². The van der Waals surface area contributed by atoms with E-state index in [0.29, 0.717) is 29.1 Å². The quantitative estimate of drug-likeness (QED) is 0.486. The molecule has 9 heteroatoms. The number of hydrogen-bond acceptors (Lipinski definition) is 6. The van der Waals surface area contributed by atoms with Crippen molar-refractivity contribution in [3.63, 3.8) is 0 Å². The SMILES string of the molecule is COc1cc(CN(C)Cc2ccncc2)ccc1-c1ccc(N2CC(CNC(C)=O)OC2=O)cc1F. The minimum atomic E-state index is -0.574. The van der Waals surface area contributed by atoms with Crippen molar-refractivity contribution in [3.05, 3.63) is 77.9 Å². The molecule has 1 saturated heterocycles. The molecule has 1 N–H and O–H groups in total. The number of amides is 2.